The summed E-state index contributed by atoms with van der Waals surface area (Å²) < 4.78 is 34.6. The van der Waals surface area contributed by atoms with E-state index in [1.807, 2.05) is 55.5 Å². The van der Waals surface area contributed by atoms with Crippen molar-refractivity contribution in [2.45, 2.75) is 29.3 Å². The maximum absolute atomic E-state index is 14.0. The van der Waals surface area contributed by atoms with Gasteiger partial charge in [-0.25, -0.2) is 18.1 Å². The molecule has 1 N–H and O–H groups in total. The molecule has 1 aliphatic heterocycles. The van der Waals surface area contributed by atoms with E-state index in [-0.39, 0.29) is 11.5 Å². The Kier molecular flexibility index (Phi) is 8.02. The molecule has 4 aromatic rings. The van der Waals surface area contributed by atoms with Crippen LogP contribution >= 0.6 is 11.6 Å². The van der Waals surface area contributed by atoms with Gasteiger partial charge in [0.1, 0.15) is 18.7 Å². The summed E-state index contributed by atoms with van der Waals surface area (Å²) in [6, 6.07) is 29.9. The standard InChI is InChI=1S/C31H27ClN2O5S/c1-21-12-18-26(19-13-21)40(37,38)33-29(28(32)25-16-14-23(15-17-25)22-8-4-2-5-9-22)30(35)34-27(20-39-31(34)36)24-10-6-3-7-11-24/h2-19,27-29,33H,20H2,1H3/t27-,28-,29-/m1/s1. The smallest absolute Gasteiger partial charge is 0.417 e. The molecule has 0 aromatic heterocycles. The Morgan fingerprint density at radius 2 is 1.45 bits per heavy atom. The van der Waals surface area contributed by atoms with Crippen molar-refractivity contribution in [3.05, 3.63) is 126 Å². The molecule has 0 saturated carbocycles. The maximum Gasteiger partial charge on any atom is 0.417 e. The largest absolute Gasteiger partial charge is 0.446 e. The summed E-state index contributed by atoms with van der Waals surface area (Å²) in [7, 11) is -4.19. The second-order valence-corrected chi connectivity index (χ2v) is 11.7. The van der Waals surface area contributed by atoms with E-state index in [2.05, 4.69) is 4.72 Å². The maximum atomic E-state index is 14.0. The Balaban J connectivity index is 1.51. The number of aryl methyl sites for hydroxylation is 1. The lowest BCUT2D eigenvalue weighted by atomic mass is 9.99. The predicted octanol–water partition coefficient (Wildman–Crippen LogP) is 6.01. The fourth-order valence-corrected chi connectivity index (χ4v) is 6.20. The van der Waals surface area contributed by atoms with Crippen molar-refractivity contribution in [2.24, 2.45) is 0 Å². The first-order valence-electron chi connectivity index (χ1n) is 12.7. The monoisotopic (exact) mass is 574 g/mol. The van der Waals surface area contributed by atoms with Gasteiger partial charge in [-0.3, -0.25) is 4.79 Å². The second-order valence-electron chi connectivity index (χ2n) is 9.51. The Labute approximate surface area is 238 Å². The molecule has 0 spiro atoms. The molecule has 3 atom stereocenters. The number of nitrogens with zero attached hydrogens (tertiary/aromatic N) is 1. The van der Waals surface area contributed by atoms with Crippen LogP contribution in [-0.4, -0.2) is 38.0 Å². The lowest BCUT2D eigenvalue weighted by Gasteiger charge is -2.28. The zero-order valence-electron chi connectivity index (χ0n) is 21.6. The number of nitrogens with one attached hydrogen (secondary N) is 1. The Hall–Kier alpha value is -3.98. The van der Waals surface area contributed by atoms with E-state index in [1.165, 1.54) is 12.1 Å². The van der Waals surface area contributed by atoms with Crippen molar-refractivity contribution < 1.29 is 22.7 Å². The highest BCUT2D eigenvalue weighted by atomic mass is 35.5. The molecule has 7 nitrogen and oxygen atoms in total. The quantitative estimate of drug-likeness (QED) is 0.260. The molecule has 0 unspecified atom stereocenters. The van der Waals surface area contributed by atoms with Gasteiger partial charge in [0.2, 0.25) is 10.0 Å². The molecule has 5 rings (SSSR count). The number of carbonyl (C=O) groups is 2. The van der Waals surface area contributed by atoms with Crippen LogP contribution in [0.15, 0.2) is 114 Å². The average molecular weight is 575 g/mol. The van der Waals surface area contributed by atoms with Crippen LogP contribution in [0.3, 0.4) is 0 Å². The van der Waals surface area contributed by atoms with Crippen molar-refractivity contribution in [3.63, 3.8) is 0 Å². The zero-order chi connectivity index (χ0) is 28.3. The van der Waals surface area contributed by atoms with Crippen LogP contribution in [0.4, 0.5) is 4.79 Å². The summed E-state index contributed by atoms with van der Waals surface area (Å²) in [6.07, 6.45) is -0.860. The summed E-state index contributed by atoms with van der Waals surface area (Å²) in [6.45, 7) is 1.79. The van der Waals surface area contributed by atoms with E-state index in [4.69, 9.17) is 16.3 Å². The molecule has 204 valence electrons. The third-order valence-corrected chi connectivity index (χ3v) is 8.76. The number of alkyl halides is 1. The van der Waals surface area contributed by atoms with Crippen LogP contribution in [0.5, 0.6) is 0 Å². The third kappa shape index (κ3) is 5.79. The number of hydrogen-bond donors (Lipinski definition) is 1. The van der Waals surface area contributed by atoms with Gasteiger partial charge in [0, 0.05) is 0 Å². The lowest BCUT2D eigenvalue weighted by Crippen LogP contribution is -2.51. The van der Waals surface area contributed by atoms with Gasteiger partial charge >= 0.3 is 6.09 Å². The molecule has 1 fully saturated rings. The summed E-state index contributed by atoms with van der Waals surface area (Å²) in [5.41, 5.74) is 4.00. The molecule has 1 heterocycles. The fourth-order valence-electron chi connectivity index (χ4n) is 4.61. The molecule has 0 aliphatic carbocycles. The number of benzene rings is 4. The molecular weight excluding hydrogens is 548 g/mol. The van der Waals surface area contributed by atoms with E-state index >= 15 is 0 Å². The number of carbonyl (C=O) groups excluding carboxylic acids is 2. The minimum Gasteiger partial charge on any atom is -0.446 e. The molecule has 1 aliphatic rings. The normalized spacial score (nSPS) is 16.8. The van der Waals surface area contributed by atoms with Gasteiger partial charge in [0.15, 0.2) is 0 Å². The van der Waals surface area contributed by atoms with Gasteiger partial charge in [0.25, 0.3) is 5.91 Å². The second kappa shape index (κ2) is 11.6. The minimum absolute atomic E-state index is 0.0252. The number of cyclic esters (lactones) is 1. The Bertz CT molecular complexity index is 1600. The summed E-state index contributed by atoms with van der Waals surface area (Å²) in [4.78, 5) is 27.7. The highest BCUT2D eigenvalue weighted by Crippen LogP contribution is 2.34. The van der Waals surface area contributed by atoms with Crippen molar-refractivity contribution in [3.8, 4) is 11.1 Å². The van der Waals surface area contributed by atoms with Gasteiger partial charge < -0.3 is 4.74 Å². The zero-order valence-corrected chi connectivity index (χ0v) is 23.2. The molecular formula is C31H27ClN2O5S. The predicted molar refractivity (Wildman–Crippen MR) is 153 cm³/mol. The van der Waals surface area contributed by atoms with Crippen molar-refractivity contribution >= 4 is 33.6 Å². The van der Waals surface area contributed by atoms with Gasteiger partial charge in [-0.1, -0.05) is 103 Å². The first kappa shape index (κ1) is 27.6. The first-order valence-corrected chi connectivity index (χ1v) is 14.6. The number of amides is 2. The average Bonchev–Trinajstić information content (AvgIpc) is 3.37. The molecule has 0 bridgehead atoms. The van der Waals surface area contributed by atoms with Gasteiger partial charge in [0.05, 0.1) is 10.3 Å². The number of hydrogen-bond acceptors (Lipinski definition) is 5. The van der Waals surface area contributed by atoms with Crippen molar-refractivity contribution in [1.29, 1.82) is 0 Å². The Morgan fingerprint density at radius 1 is 0.875 bits per heavy atom. The molecule has 1 saturated heterocycles. The highest BCUT2D eigenvalue weighted by Gasteiger charge is 2.45. The third-order valence-electron chi connectivity index (χ3n) is 6.80. The summed E-state index contributed by atoms with van der Waals surface area (Å²) in [5, 5.41) is -1.14. The van der Waals surface area contributed by atoms with E-state index in [1.54, 1.807) is 48.5 Å². The molecule has 4 aromatic carbocycles. The number of halogens is 1. The van der Waals surface area contributed by atoms with E-state index in [9.17, 15) is 18.0 Å². The molecule has 9 heteroatoms. The number of rotatable bonds is 8. The molecule has 2 amide bonds. The van der Waals surface area contributed by atoms with Crippen LogP contribution in [0.1, 0.15) is 28.1 Å². The van der Waals surface area contributed by atoms with Crippen LogP contribution in [-0.2, 0) is 19.6 Å². The SMILES string of the molecule is Cc1ccc(S(=O)(=O)N[C@@H](C(=O)N2C(=O)OC[C@@H]2c2ccccc2)[C@H](Cl)c2ccc(-c3ccccc3)cc2)cc1. The van der Waals surface area contributed by atoms with Gasteiger partial charge in [-0.15, -0.1) is 11.6 Å². The number of sulfonamides is 1. The van der Waals surface area contributed by atoms with Crippen LogP contribution < -0.4 is 4.72 Å². The molecule has 0 radical (unpaired) electrons. The fraction of sp³-hybridized carbons (Fsp3) is 0.161. The van der Waals surface area contributed by atoms with Crippen LogP contribution in [0.2, 0.25) is 0 Å². The highest BCUT2D eigenvalue weighted by molar-refractivity contribution is 7.89. The van der Waals surface area contributed by atoms with E-state index < -0.39 is 39.5 Å². The Morgan fingerprint density at radius 3 is 2.08 bits per heavy atom. The van der Waals surface area contributed by atoms with Gasteiger partial charge in [-0.2, -0.15) is 4.72 Å². The van der Waals surface area contributed by atoms with Crippen molar-refractivity contribution in [2.75, 3.05) is 6.61 Å². The van der Waals surface area contributed by atoms with Gasteiger partial charge in [-0.05, 0) is 41.3 Å². The van der Waals surface area contributed by atoms with Crippen LogP contribution in [0.25, 0.3) is 11.1 Å². The summed E-state index contributed by atoms with van der Waals surface area (Å²) in [5.74, 6) is -0.806. The lowest BCUT2D eigenvalue weighted by molar-refractivity contribution is -0.131. The number of ether oxygens (including phenoxy) is 1. The minimum atomic E-state index is -4.19. The topological polar surface area (TPSA) is 92.8 Å². The van der Waals surface area contributed by atoms with E-state index in [0.717, 1.165) is 21.6 Å². The van der Waals surface area contributed by atoms with Crippen LogP contribution in [0, 0.1) is 6.92 Å². The summed E-state index contributed by atoms with van der Waals surface area (Å²) >= 11 is 6.88. The van der Waals surface area contributed by atoms with Crippen molar-refractivity contribution in [1.82, 2.24) is 9.62 Å². The number of imide groups is 1. The van der Waals surface area contributed by atoms with E-state index in [0.29, 0.717) is 11.1 Å². The first-order chi connectivity index (χ1) is 19.2. The molecule has 40 heavy (non-hydrogen) atoms.